The van der Waals surface area contributed by atoms with Crippen LogP contribution in [0.4, 0.5) is 0 Å². The van der Waals surface area contributed by atoms with Gasteiger partial charge in [-0.25, -0.2) is 8.42 Å². The van der Waals surface area contributed by atoms with Crippen molar-refractivity contribution in [2.75, 3.05) is 13.1 Å². The number of benzene rings is 1. The SMILES string of the molecule is CC(C)CCN(CC(O)c1csc(C=O)c1)S(=O)(=O)c1ccccc1. The summed E-state index contributed by atoms with van der Waals surface area (Å²) in [6.07, 6.45) is 0.441. The highest BCUT2D eigenvalue weighted by Gasteiger charge is 2.27. The van der Waals surface area contributed by atoms with Gasteiger partial charge >= 0.3 is 0 Å². The molecule has 0 spiro atoms. The van der Waals surface area contributed by atoms with Gasteiger partial charge in [-0.05, 0) is 41.5 Å². The summed E-state index contributed by atoms with van der Waals surface area (Å²) in [5.74, 6) is 0.341. The van der Waals surface area contributed by atoms with Crippen molar-refractivity contribution < 1.29 is 18.3 Å². The zero-order valence-corrected chi connectivity index (χ0v) is 16.0. The Hall–Kier alpha value is -1.54. The van der Waals surface area contributed by atoms with Crippen LogP contribution in [0.2, 0.25) is 0 Å². The standard InChI is InChI=1S/C18H23NO4S2/c1-14(2)8-9-19(25(22,23)17-6-4-3-5-7-17)11-18(21)15-10-16(12-20)24-13-15/h3-7,10,12-14,18,21H,8-9,11H2,1-2H3. The van der Waals surface area contributed by atoms with Gasteiger partial charge in [-0.1, -0.05) is 32.0 Å². The summed E-state index contributed by atoms with van der Waals surface area (Å²) < 4.78 is 27.2. The molecule has 1 aromatic heterocycles. The van der Waals surface area contributed by atoms with Gasteiger partial charge in [-0.15, -0.1) is 11.3 Å². The number of aliphatic hydroxyl groups is 1. The predicted molar refractivity (Wildman–Crippen MR) is 99.3 cm³/mol. The number of nitrogens with zero attached hydrogens (tertiary/aromatic N) is 1. The van der Waals surface area contributed by atoms with E-state index in [9.17, 15) is 18.3 Å². The molecule has 0 fully saturated rings. The molecule has 2 rings (SSSR count). The second kappa shape index (κ2) is 8.71. The molecule has 25 heavy (non-hydrogen) atoms. The van der Waals surface area contributed by atoms with E-state index in [1.165, 1.54) is 15.6 Å². The first-order valence-electron chi connectivity index (χ1n) is 8.11. The third-order valence-corrected chi connectivity index (χ3v) is 6.61. The van der Waals surface area contributed by atoms with E-state index < -0.39 is 16.1 Å². The molecule has 5 nitrogen and oxygen atoms in total. The van der Waals surface area contributed by atoms with Gasteiger partial charge in [0.15, 0.2) is 6.29 Å². The number of carbonyl (C=O) groups is 1. The molecule has 0 saturated heterocycles. The first-order valence-corrected chi connectivity index (χ1v) is 10.4. The van der Waals surface area contributed by atoms with Crippen molar-refractivity contribution in [3.63, 3.8) is 0 Å². The Kier molecular flexibility index (Phi) is 6.89. The van der Waals surface area contributed by atoms with E-state index in [4.69, 9.17) is 0 Å². The minimum atomic E-state index is -3.69. The summed E-state index contributed by atoms with van der Waals surface area (Å²) >= 11 is 1.23. The van der Waals surface area contributed by atoms with Crippen LogP contribution in [0.1, 0.15) is 41.6 Å². The van der Waals surface area contributed by atoms with Crippen molar-refractivity contribution in [2.45, 2.75) is 31.3 Å². The van der Waals surface area contributed by atoms with Crippen LogP contribution in [-0.4, -0.2) is 37.2 Å². The summed E-state index contributed by atoms with van der Waals surface area (Å²) in [6, 6.07) is 9.83. The third-order valence-electron chi connectivity index (χ3n) is 3.85. The van der Waals surface area contributed by atoms with Gasteiger partial charge in [-0.2, -0.15) is 4.31 Å². The largest absolute Gasteiger partial charge is 0.387 e. The Morgan fingerprint density at radius 2 is 1.92 bits per heavy atom. The topological polar surface area (TPSA) is 74.7 Å². The van der Waals surface area contributed by atoms with Crippen LogP contribution in [0.25, 0.3) is 0 Å². The number of rotatable bonds is 9. The molecule has 1 N–H and O–H groups in total. The smallest absolute Gasteiger partial charge is 0.243 e. The molecular formula is C18H23NO4S2. The predicted octanol–water partition coefficient (Wildman–Crippen LogP) is 3.33. The highest BCUT2D eigenvalue weighted by molar-refractivity contribution is 7.89. The summed E-state index contributed by atoms with van der Waals surface area (Å²) in [4.78, 5) is 11.5. The van der Waals surface area contributed by atoms with Crippen molar-refractivity contribution in [3.05, 3.63) is 52.2 Å². The molecule has 0 amide bonds. The van der Waals surface area contributed by atoms with Crippen LogP contribution >= 0.6 is 11.3 Å². The third kappa shape index (κ3) is 5.22. The van der Waals surface area contributed by atoms with Crippen LogP contribution < -0.4 is 0 Å². The van der Waals surface area contributed by atoms with E-state index in [2.05, 4.69) is 0 Å². The second-order valence-corrected chi connectivity index (χ2v) is 9.16. The number of thiophene rings is 1. The van der Waals surface area contributed by atoms with Crippen molar-refractivity contribution in [2.24, 2.45) is 5.92 Å². The maximum atomic E-state index is 12.9. The number of hydrogen-bond donors (Lipinski definition) is 1. The quantitative estimate of drug-likeness (QED) is 0.676. The molecule has 136 valence electrons. The fourth-order valence-corrected chi connectivity index (χ4v) is 4.60. The fraction of sp³-hybridized carbons (Fsp3) is 0.389. The monoisotopic (exact) mass is 381 g/mol. The molecular weight excluding hydrogens is 358 g/mol. The molecule has 7 heteroatoms. The summed E-state index contributed by atoms with van der Waals surface area (Å²) in [5.41, 5.74) is 0.560. The molecule has 0 bridgehead atoms. The Balaban J connectivity index is 2.24. The molecule has 1 unspecified atom stereocenters. The molecule has 0 aliphatic heterocycles. The van der Waals surface area contributed by atoms with Crippen LogP contribution in [0.15, 0.2) is 46.7 Å². The van der Waals surface area contributed by atoms with Crippen molar-refractivity contribution >= 4 is 27.6 Å². The average molecular weight is 382 g/mol. The molecule has 0 aliphatic rings. The second-order valence-electron chi connectivity index (χ2n) is 6.27. The zero-order valence-electron chi connectivity index (χ0n) is 14.3. The minimum Gasteiger partial charge on any atom is -0.387 e. The number of carbonyl (C=O) groups excluding carboxylic acids is 1. The molecule has 1 atom stereocenters. The van der Waals surface area contributed by atoms with Gasteiger partial charge in [0, 0.05) is 13.1 Å². The zero-order chi connectivity index (χ0) is 18.4. The van der Waals surface area contributed by atoms with Crippen LogP contribution in [-0.2, 0) is 10.0 Å². The van der Waals surface area contributed by atoms with Gasteiger partial charge in [0.05, 0.1) is 15.9 Å². The number of aliphatic hydroxyl groups excluding tert-OH is 1. The van der Waals surface area contributed by atoms with E-state index in [-0.39, 0.29) is 11.4 Å². The lowest BCUT2D eigenvalue weighted by atomic mass is 10.1. The Labute approximate surface area is 153 Å². The molecule has 1 heterocycles. The lowest BCUT2D eigenvalue weighted by Crippen LogP contribution is -2.36. The Bertz CT molecular complexity index is 784. The van der Waals surface area contributed by atoms with Crippen molar-refractivity contribution in [3.8, 4) is 0 Å². The number of hydrogen-bond acceptors (Lipinski definition) is 5. The maximum Gasteiger partial charge on any atom is 0.243 e. The van der Waals surface area contributed by atoms with Crippen molar-refractivity contribution in [1.29, 1.82) is 0 Å². The Morgan fingerprint density at radius 3 is 2.48 bits per heavy atom. The van der Waals surface area contributed by atoms with E-state index in [1.54, 1.807) is 41.8 Å². The van der Waals surface area contributed by atoms with Gasteiger partial charge in [0.2, 0.25) is 10.0 Å². The van der Waals surface area contributed by atoms with Crippen LogP contribution in [0.5, 0.6) is 0 Å². The van der Waals surface area contributed by atoms with Gasteiger partial charge in [0.25, 0.3) is 0 Å². The minimum absolute atomic E-state index is 0.0427. The molecule has 1 aromatic carbocycles. The summed E-state index contributed by atoms with van der Waals surface area (Å²) in [6.45, 7) is 4.34. The molecule has 0 radical (unpaired) electrons. The highest BCUT2D eigenvalue weighted by atomic mass is 32.2. The average Bonchev–Trinajstić information content (AvgIpc) is 3.08. The Morgan fingerprint density at radius 1 is 1.24 bits per heavy atom. The van der Waals surface area contributed by atoms with E-state index in [1.807, 2.05) is 13.8 Å². The highest BCUT2D eigenvalue weighted by Crippen LogP contribution is 2.24. The van der Waals surface area contributed by atoms with Gasteiger partial charge < -0.3 is 5.11 Å². The first kappa shape index (κ1) is 19.8. The lowest BCUT2D eigenvalue weighted by molar-refractivity contribution is 0.112. The molecule has 2 aromatic rings. The van der Waals surface area contributed by atoms with Crippen LogP contribution in [0.3, 0.4) is 0 Å². The van der Waals surface area contributed by atoms with E-state index in [0.717, 1.165) is 6.29 Å². The van der Waals surface area contributed by atoms with Gasteiger partial charge in [-0.3, -0.25) is 4.79 Å². The molecule has 0 saturated carbocycles. The summed E-state index contributed by atoms with van der Waals surface area (Å²) in [7, 11) is -3.69. The van der Waals surface area contributed by atoms with Crippen LogP contribution in [0, 0.1) is 5.92 Å². The fourth-order valence-electron chi connectivity index (χ4n) is 2.36. The number of sulfonamides is 1. The van der Waals surface area contributed by atoms with Gasteiger partial charge in [0.1, 0.15) is 0 Å². The lowest BCUT2D eigenvalue weighted by Gasteiger charge is -2.25. The maximum absolute atomic E-state index is 12.9. The van der Waals surface area contributed by atoms with E-state index >= 15 is 0 Å². The van der Waals surface area contributed by atoms with Crippen molar-refractivity contribution in [1.82, 2.24) is 4.31 Å². The molecule has 0 aliphatic carbocycles. The van der Waals surface area contributed by atoms with E-state index in [0.29, 0.717) is 29.3 Å². The summed E-state index contributed by atoms with van der Waals surface area (Å²) in [5, 5.41) is 12.1. The number of aldehydes is 1. The first-order chi connectivity index (χ1) is 11.8. The normalized spacial score (nSPS) is 13.3.